The Morgan fingerprint density at radius 1 is 0.742 bits per heavy atom. The predicted molar refractivity (Wildman–Crippen MR) is 123 cm³/mol. The van der Waals surface area contributed by atoms with Gasteiger partial charge in [-0.3, -0.25) is 4.79 Å². The summed E-state index contributed by atoms with van der Waals surface area (Å²) in [5, 5.41) is 34.1. The number of carbonyl (C=O) groups is 2. The van der Waals surface area contributed by atoms with E-state index in [0.29, 0.717) is 6.42 Å². The van der Waals surface area contributed by atoms with Crippen LogP contribution in [0.25, 0.3) is 0 Å². The molecule has 0 aliphatic heterocycles. The fourth-order valence-electron chi connectivity index (χ4n) is 3.00. The summed E-state index contributed by atoms with van der Waals surface area (Å²) in [6, 6.07) is 0. The van der Waals surface area contributed by atoms with Gasteiger partial charge < -0.3 is 25.2 Å². The van der Waals surface area contributed by atoms with Crippen molar-refractivity contribution in [3.8, 4) is 0 Å². The second-order valence-electron chi connectivity index (χ2n) is 8.24. The van der Waals surface area contributed by atoms with Crippen molar-refractivity contribution in [3.05, 3.63) is 0 Å². The number of ether oxygens (including phenoxy) is 1. The molecule has 0 aromatic heterocycles. The molecule has 0 aliphatic rings. The van der Waals surface area contributed by atoms with E-state index >= 15 is 0 Å². The normalized spacial score (nSPS) is 12.5. The average Bonchev–Trinajstić information content (AvgIpc) is 2.74. The molecule has 4 N–H and O–H groups in total. The molecule has 0 saturated heterocycles. The molecule has 186 valence electrons. The van der Waals surface area contributed by atoms with Crippen LogP contribution in [0.4, 0.5) is 0 Å². The highest BCUT2D eigenvalue weighted by Crippen LogP contribution is 2.13. The topological polar surface area (TPSA) is 124 Å². The van der Waals surface area contributed by atoms with Crippen molar-refractivity contribution in [3.63, 3.8) is 0 Å². The molecule has 31 heavy (non-hydrogen) atoms. The lowest BCUT2D eigenvalue weighted by atomic mass is 10.0. The van der Waals surface area contributed by atoms with E-state index in [1.807, 2.05) is 0 Å². The van der Waals surface area contributed by atoms with Crippen LogP contribution in [0.2, 0.25) is 0 Å². The van der Waals surface area contributed by atoms with Crippen molar-refractivity contribution in [1.82, 2.24) is 0 Å². The van der Waals surface area contributed by atoms with Crippen LogP contribution in [0.1, 0.15) is 117 Å². The van der Waals surface area contributed by atoms with Gasteiger partial charge in [0.2, 0.25) is 0 Å². The highest BCUT2D eigenvalue weighted by Gasteiger charge is 2.12. The Hall–Kier alpha value is -1.18. The van der Waals surface area contributed by atoms with Gasteiger partial charge in [0.1, 0.15) is 18.8 Å². The molecule has 0 bridgehead atoms. The van der Waals surface area contributed by atoms with Gasteiger partial charge in [0.15, 0.2) is 0 Å². The number of unbranched alkanes of at least 4 members (excludes halogenated alkanes) is 14. The van der Waals surface area contributed by atoms with Gasteiger partial charge in [-0.25, -0.2) is 4.79 Å². The molecule has 7 heteroatoms. The molecule has 7 nitrogen and oxygen atoms in total. The largest absolute Gasteiger partial charge is 0.481 e. The van der Waals surface area contributed by atoms with E-state index in [-0.39, 0.29) is 6.61 Å². The third-order valence-corrected chi connectivity index (χ3v) is 4.96. The molecular formula is C24H48O7. The molecule has 0 heterocycles. The first-order chi connectivity index (χ1) is 14.8. The summed E-state index contributed by atoms with van der Waals surface area (Å²) in [7, 11) is 0. The number of hydrogen-bond donors (Lipinski definition) is 4. The van der Waals surface area contributed by atoms with E-state index in [4.69, 9.17) is 20.4 Å². The number of esters is 1. The quantitative estimate of drug-likeness (QED) is 0.158. The van der Waals surface area contributed by atoms with Crippen LogP contribution < -0.4 is 0 Å². The van der Waals surface area contributed by atoms with Crippen LogP contribution in [-0.4, -0.2) is 57.8 Å². The fraction of sp³-hybridized carbons (Fsp3) is 0.917. The lowest BCUT2D eigenvalue weighted by molar-refractivity contribution is -0.156. The first-order valence-electron chi connectivity index (χ1n) is 12.2. The van der Waals surface area contributed by atoms with Crippen LogP contribution in [-0.2, 0) is 14.3 Å². The summed E-state index contributed by atoms with van der Waals surface area (Å²) in [6.45, 7) is 2.77. The fourth-order valence-corrected chi connectivity index (χ4v) is 3.00. The summed E-state index contributed by atoms with van der Waals surface area (Å²) in [6.07, 6.45) is 17.9. The Morgan fingerprint density at radius 2 is 1.13 bits per heavy atom. The van der Waals surface area contributed by atoms with Crippen molar-refractivity contribution >= 4 is 11.9 Å². The van der Waals surface area contributed by atoms with E-state index in [0.717, 1.165) is 12.8 Å². The number of carboxylic acids is 1. The molecule has 0 aromatic carbocycles. The summed E-state index contributed by atoms with van der Waals surface area (Å²) >= 11 is 0. The summed E-state index contributed by atoms with van der Waals surface area (Å²) in [5.41, 5.74) is 0. The molecule has 0 spiro atoms. The van der Waals surface area contributed by atoms with E-state index in [9.17, 15) is 9.59 Å². The van der Waals surface area contributed by atoms with Crippen molar-refractivity contribution in [2.45, 2.75) is 129 Å². The number of carboxylic acid groups (broad SMARTS) is 1. The first-order valence-corrected chi connectivity index (χ1v) is 12.2. The molecule has 0 rings (SSSR count). The summed E-state index contributed by atoms with van der Waals surface area (Å²) < 4.78 is 4.36. The Bertz CT molecular complexity index is 399. The maximum atomic E-state index is 10.5. The first kappa shape index (κ1) is 32.0. The number of aliphatic hydroxyl groups is 3. The van der Waals surface area contributed by atoms with Gasteiger partial charge in [-0.15, -0.1) is 0 Å². The van der Waals surface area contributed by atoms with Crippen LogP contribution >= 0.6 is 0 Å². The zero-order valence-electron chi connectivity index (χ0n) is 19.9. The second-order valence-corrected chi connectivity index (χ2v) is 8.24. The monoisotopic (exact) mass is 448 g/mol. The minimum atomic E-state index is -1.19. The van der Waals surface area contributed by atoms with Gasteiger partial charge in [0.25, 0.3) is 0 Å². The lowest BCUT2D eigenvalue weighted by Crippen LogP contribution is -2.26. The summed E-state index contributed by atoms with van der Waals surface area (Å²) in [5.74, 6) is -1.46. The molecule has 0 fully saturated rings. The van der Waals surface area contributed by atoms with Crippen LogP contribution in [0.15, 0.2) is 0 Å². The summed E-state index contributed by atoms with van der Waals surface area (Å²) in [4.78, 5) is 20.8. The predicted octanol–water partition coefficient (Wildman–Crippen LogP) is 4.60. The average molecular weight is 449 g/mol. The Balaban J connectivity index is 0. The smallest absolute Gasteiger partial charge is 0.334 e. The van der Waals surface area contributed by atoms with Crippen LogP contribution in [0, 0.1) is 0 Å². The second kappa shape index (κ2) is 25.1. The van der Waals surface area contributed by atoms with E-state index in [2.05, 4.69) is 11.7 Å². The Labute approximate surface area is 189 Å². The molecular weight excluding hydrogens is 400 g/mol. The Kier molecular flexibility index (Phi) is 25.9. The molecule has 2 unspecified atom stereocenters. The number of hydrogen-bond acceptors (Lipinski definition) is 6. The van der Waals surface area contributed by atoms with E-state index in [1.54, 1.807) is 0 Å². The minimum absolute atomic E-state index is 0.291. The number of rotatable bonds is 20. The molecule has 0 saturated carbocycles. The zero-order valence-corrected chi connectivity index (χ0v) is 19.9. The maximum Gasteiger partial charge on any atom is 0.334 e. The van der Waals surface area contributed by atoms with Gasteiger partial charge in [-0.2, -0.15) is 0 Å². The van der Waals surface area contributed by atoms with Crippen molar-refractivity contribution in [2.75, 3.05) is 13.2 Å². The maximum absolute atomic E-state index is 10.5. The van der Waals surface area contributed by atoms with Crippen molar-refractivity contribution in [1.29, 1.82) is 0 Å². The molecule has 0 aliphatic carbocycles. The number of aliphatic carboxylic acids is 1. The van der Waals surface area contributed by atoms with Gasteiger partial charge in [-0.1, -0.05) is 96.8 Å². The van der Waals surface area contributed by atoms with Gasteiger partial charge in [0, 0.05) is 6.42 Å². The van der Waals surface area contributed by atoms with Gasteiger partial charge >= 0.3 is 11.9 Å². The van der Waals surface area contributed by atoms with E-state index in [1.165, 1.54) is 90.4 Å². The lowest BCUT2D eigenvalue weighted by Gasteiger charge is -2.09. The molecule has 0 radical (unpaired) electrons. The minimum Gasteiger partial charge on any atom is -0.481 e. The molecule has 2 atom stereocenters. The number of carbonyl (C=O) groups excluding carboxylic acids is 1. The molecule has 0 amide bonds. The van der Waals surface area contributed by atoms with Gasteiger partial charge in [-0.05, 0) is 13.3 Å². The van der Waals surface area contributed by atoms with Crippen molar-refractivity contribution < 1.29 is 34.8 Å². The van der Waals surface area contributed by atoms with Gasteiger partial charge in [0.05, 0.1) is 6.61 Å². The standard InChI is InChI=1S/C18H36O2.C6H12O5/c1-2-3-4-5-6-7-8-9-10-11-12-13-14-15-16-17-18(19)20;1-4(8)6(10)11-3-5(9)2-7/h2-17H2,1H3,(H,19,20);4-5,7-9H,2-3H2,1H3. The third kappa shape index (κ3) is 28.8. The Morgan fingerprint density at radius 3 is 1.45 bits per heavy atom. The van der Waals surface area contributed by atoms with E-state index < -0.39 is 30.8 Å². The SMILES string of the molecule is CC(O)C(=O)OCC(O)CO.CCCCCCCCCCCCCCCCCC(=O)O. The molecule has 0 aromatic rings. The zero-order chi connectivity index (χ0) is 23.7. The van der Waals surface area contributed by atoms with Crippen LogP contribution in [0.5, 0.6) is 0 Å². The van der Waals surface area contributed by atoms with Crippen LogP contribution in [0.3, 0.4) is 0 Å². The highest BCUT2D eigenvalue weighted by molar-refractivity contribution is 5.73. The highest BCUT2D eigenvalue weighted by atomic mass is 16.6. The third-order valence-electron chi connectivity index (χ3n) is 4.96. The number of aliphatic hydroxyl groups excluding tert-OH is 3. The van der Waals surface area contributed by atoms with Crippen molar-refractivity contribution in [2.24, 2.45) is 0 Å².